The highest BCUT2D eigenvalue weighted by molar-refractivity contribution is 7.13. The number of likely N-dealkylation sites (N-methyl/N-ethyl adjacent to an activating group) is 1. The third-order valence-electron chi connectivity index (χ3n) is 4.30. The molecule has 0 spiro atoms. The molecule has 0 aliphatic carbocycles. The number of ether oxygens (including phenoxy) is 1. The molecule has 1 aliphatic heterocycles. The van der Waals surface area contributed by atoms with E-state index in [1.807, 2.05) is 17.5 Å². The maximum Gasteiger partial charge on any atom is 0.267 e. The fourth-order valence-electron chi connectivity index (χ4n) is 2.79. The van der Waals surface area contributed by atoms with Crippen molar-refractivity contribution in [3.63, 3.8) is 0 Å². The Balaban J connectivity index is 1.63. The molecule has 1 amide bonds. The number of hydrogen-bond donors (Lipinski definition) is 0. The number of aromatic nitrogens is 2. The van der Waals surface area contributed by atoms with Gasteiger partial charge in [-0.15, -0.1) is 11.3 Å². The first kappa shape index (κ1) is 17.2. The van der Waals surface area contributed by atoms with Gasteiger partial charge in [0.15, 0.2) is 12.4 Å². The zero-order valence-electron chi connectivity index (χ0n) is 14.4. The summed E-state index contributed by atoms with van der Waals surface area (Å²) < 4.78 is 6.52. The summed E-state index contributed by atoms with van der Waals surface area (Å²) >= 11 is 1.51. The topological polar surface area (TPSA) is 81.5 Å². The van der Waals surface area contributed by atoms with Crippen LogP contribution in [0.15, 0.2) is 52.6 Å². The lowest BCUT2D eigenvalue weighted by Gasteiger charge is -2.26. The summed E-state index contributed by atoms with van der Waals surface area (Å²) in [6.45, 7) is -0.207. The second kappa shape index (κ2) is 6.81. The van der Waals surface area contributed by atoms with Gasteiger partial charge in [0.2, 0.25) is 0 Å². The zero-order chi connectivity index (χ0) is 19.0. The van der Waals surface area contributed by atoms with Crippen LogP contribution in [0.2, 0.25) is 0 Å². The average Bonchev–Trinajstić information content (AvgIpc) is 3.21. The first-order valence-electron chi connectivity index (χ1n) is 8.21. The van der Waals surface area contributed by atoms with E-state index in [1.165, 1.54) is 22.3 Å². The van der Waals surface area contributed by atoms with E-state index in [2.05, 4.69) is 5.10 Å². The standard InChI is InChI=1S/C19H15N3O4S/c1-21-14-9-12(4-6-16(14)26-11-19(21)25)15(23)10-22-18(24)7-5-13(20-22)17-3-2-8-27-17/h2-9H,10-11H2,1H3. The predicted octanol–water partition coefficient (Wildman–Crippen LogP) is 2.21. The minimum absolute atomic E-state index is 0.0222. The summed E-state index contributed by atoms with van der Waals surface area (Å²) in [4.78, 5) is 39.0. The van der Waals surface area contributed by atoms with Crippen LogP contribution in [-0.2, 0) is 11.3 Å². The van der Waals surface area contributed by atoms with Crippen LogP contribution in [0.5, 0.6) is 5.75 Å². The zero-order valence-corrected chi connectivity index (χ0v) is 15.2. The van der Waals surface area contributed by atoms with Crippen LogP contribution in [0.1, 0.15) is 10.4 Å². The summed E-state index contributed by atoms with van der Waals surface area (Å²) in [6, 6.07) is 11.7. The van der Waals surface area contributed by atoms with Gasteiger partial charge >= 0.3 is 0 Å². The lowest BCUT2D eigenvalue weighted by molar-refractivity contribution is -0.120. The molecule has 0 bridgehead atoms. The molecule has 1 aromatic carbocycles. The van der Waals surface area contributed by atoms with Crippen molar-refractivity contribution in [2.45, 2.75) is 6.54 Å². The maximum atomic E-state index is 12.7. The van der Waals surface area contributed by atoms with Gasteiger partial charge in [0.1, 0.15) is 18.0 Å². The lowest BCUT2D eigenvalue weighted by Crippen LogP contribution is -2.35. The molecule has 0 radical (unpaired) electrons. The molecule has 2 aromatic heterocycles. The van der Waals surface area contributed by atoms with Gasteiger partial charge in [-0.2, -0.15) is 5.10 Å². The third kappa shape index (κ3) is 3.26. The number of nitrogens with zero attached hydrogens (tertiary/aromatic N) is 3. The number of ketones is 1. The Bertz CT molecular complexity index is 1090. The summed E-state index contributed by atoms with van der Waals surface area (Å²) in [5.74, 6) is 0.0828. The molecular formula is C19H15N3O4S. The van der Waals surface area contributed by atoms with Gasteiger partial charge in [-0.1, -0.05) is 6.07 Å². The van der Waals surface area contributed by atoms with Crippen molar-refractivity contribution < 1.29 is 14.3 Å². The minimum Gasteiger partial charge on any atom is -0.482 e. The predicted molar refractivity (Wildman–Crippen MR) is 101 cm³/mol. The molecule has 3 heterocycles. The third-order valence-corrected chi connectivity index (χ3v) is 5.19. The van der Waals surface area contributed by atoms with E-state index in [1.54, 1.807) is 31.3 Å². The van der Waals surface area contributed by atoms with E-state index in [4.69, 9.17) is 4.74 Å². The van der Waals surface area contributed by atoms with Gasteiger partial charge in [-0.25, -0.2) is 4.68 Å². The number of carbonyl (C=O) groups excluding carboxylic acids is 2. The molecule has 0 fully saturated rings. The summed E-state index contributed by atoms with van der Waals surface area (Å²) in [5, 5.41) is 6.22. The molecule has 7 nitrogen and oxygen atoms in total. The van der Waals surface area contributed by atoms with Crippen molar-refractivity contribution in [2.24, 2.45) is 0 Å². The molecule has 0 saturated heterocycles. The second-order valence-electron chi connectivity index (χ2n) is 6.04. The highest BCUT2D eigenvalue weighted by Gasteiger charge is 2.23. The molecule has 1 aliphatic rings. The molecule has 4 rings (SSSR count). The highest BCUT2D eigenvalue weighted by atomic mass is 32.1. The van der Waals surface area contributed by atoms with Gasteiger partial charge in [0.05, 0.1) is 10.6 Å². The number of fused-ring (bicyclic) bond motifs is 1. The Morgan fingerprint density at radius 1 is 1.22 bits per heavy atom. The number of anilines is 1. The van der Waals surface area contributed by atoms with Crippen molar-refractivity contribution in [1.82, 2.24) is 9.78 Å². The molecule has 0 atom stereocenters. The Morgan fingerprint density at radius 3 is 2.85 bits per heavy atom. The van der Waals surface area contributed by atoms with E-state index in [-0.39, 0.29) is 30.4 Å². The van der Waals surface area contributed by atoms with Crippen LogP contribution >= 0.6 is 11.3 Å². The van der Waals surface area contributed by atoms with Gasteiger partial charge in [0.25, 0.3) is 11.5 Å². The van der Waals surface area contributed by atoms with Crippen molar-refractivity contribution in [2.75, 3.05) is 18.6 Å². The van der Waals surface area contributed by atoms with Gasteiger partial charge < -0.3 is 9.64 Å². The SMILES string of the molecule is CN1C(=O)COc2ccc(C(=O)Cn3nc(-c4cccs4)ccc3=O)cc21. The summed E-state index contributed by atoms with van der Waals surface area (Å²) in [5.41, 5.74) is 1.21. The van der Waals surface area contributed by atoms with Gasteiger partial charge in [-0.05, 0) is 35.7 Å². The first-order valence-corrected chi connectivity index (χ1v) is 9.09. The van der Waals surface area contributed by atoms with E-state index < -0.39 is 0 Å². The van der Waals surface area contributed by atoms with E-state index in [0.29, 0.717) is 22.7 Å². The molecule has 8 heteroatoms. The second-order valence-corrected chi connectivity index (χ2v) is 6.99. The quantitative estimate of drug-likeness (QED) is 0.647. The van der Waals surface area contributed by atoms with E-state index >= 15 is 0 Å². The van der Waals surface area contributed by atoms with Crippen molar-refractivity contribution >= 4 is 28.7 Å². The number of amides is 1. The molecule has 27 heavy (non-hydrogen) atoms. The molecule has 0 saturated carbocycles. The van der Waals surface area contributed by atoms with Crippen LogP contribution in [0.25, 0.3) is 10.6 Å². The van der Waals surface area contributed by atoms with Crippen molar-refractivity contribution in [3.05, 3.63) is 63.8 Å². The fourth-order valence-corrected chi connectivity index (χ4v) is 3.48. The Hall–Kier alpha value is -3.26. The number of benzene rings is 1. The van der Waals surface area contributed by atoms with Crippen LogP contribution in [0.4, 0.5) is 5.69 Å². The number of Topliss-reactive ketones (excluding diaryl/α,β-unsaturated/α-hetero) is 1. The number of rotatable bonds is 4. The minimum atomic E-state index is -0.350. The summed E-state index contributed by atoms with van der Waals surface area (Å²) in [7, 11) is 1.63. The van der Waals surface area contributed by atoms with E-state index in [9.17, 15) is 14.4 Å². The van der Waals surface area contributed by atoms with Crippen molar-refractivity contribution in [3.8, 4) is 16.3 Å². The fraction of sp³-hybridized carbons (Fsp3) is 0.158. The lowest BCUT2D eigenvalue weighted by atomic mass is 10.1. The number of thiophene rings is 1. The first-order chi connectivity index (χ1) is 13.0. The van der Waals surface area contributed by atoms with Crippen LogP contribution in [0, 0.1) is 0 Å². The monoisotopic (exact) mass is 381 g/mol. The smallest absolute Gasteiger partial charge is 0.267 e. The number of hydrogen-bond acceptors (Lipinski definition) is 6. The molecule has 0 unspecified atom stereocenters. The molecule has 3 aromatic rings. The molecule has 136 valence electrons. The normalized spacial score (nSPS) is 13.2. The molecule has 0 N–H and O–H groups in total. The summed E-state index contributed by atoms with van der Waals surface area (Å²) in [6.07, 6.45) is 0. The van der Waals surface area contributed by atoms with Crippen molar-refractivity contribution in [1.29, 1.82) is 0 Å². The van der Waals surface area contributed by atoms with Crippen LogP contribution in [0.3, 0.4) is 0 Å². The Morgan fingerprint density at radius 2 is 2.07 bits per heavy atom. The van der Waals surface area contributed by atoms with Gasteiger partial charge in [0, 0.05) is 18.7 Å². The average molecular weight is 381 g/mol. The largest absolute Gasteiger partial charge is 0.482 e. The van der Waals surface area contributed by atoms with E-state index in [0.717, 1.165) is 9.56 Å². The van der Waals surface area contributed by atoms with Gasteiger partial charge in [-0.3, -0.25) is 14.4 Å². The maximum absolute atomic E-state index is 12.7. The number of carbonyl (C=O) groups is 2. The highest BCUT2D eigenvalue weighted by Crippen LogP contribution is 2.32. The van der Waals surface area contributed by atoms with Crippen LogP contribution in [-0.4, -0.2) is 35.1 Å². The Kier molecular flexibility index (Phi) is 4.33. The molecular weight excluding hydrogens is 366 g/mol. The Labute approximate surface area is 158 Å². The van der Waals surface area contributed by atoms with Crippen LogP contribution < -0.4 is 15.2 Å².